The molecule has 186 valence electrons. The van der Waals surface area contributed by atoms with Crippen molar-refractivity contribution >= 4 is 23.7 Å². The second kappa shape index (κ2) is 10.6. The fourth-order valence-corrected chi connectivity index (χ4v) is 2.95. The molecule has 0 radical (unpaired) electrons. The molecule has 0 fully saturated rings. The Balaban J connectivity index is 1.72. The number of ether oxygens (including phenoxy) is 2. The van der Waals surface area contributed by atoms with Gasteiger partial charge in [-0.25, -0.2) is 18.6 Å². The highest BCUT2D eigenvalue weighted by Crippen LogP contribution is 2.28. The molecule has 0 aliphatic carbocycles. The molecule has 1 unspecified atom stereocenters. The summed E-state index contributed by atoms with van der Waals surface area (Å²) in [4.78, 5) is 27.9. The van der Waals surface area contributed by atoms with Gasteiger partial charge in [0.15, 0.2) is 5.82 Å². The summed E-state index contributed by atoms with van der Waals surface area (Å²) >= 11 is 5.65. The molecule has 0 saturated heterocycles. The smallest absolute Gasteiger partial charge is 0.407 e. The van der Waals surface area contributed by atoms with Crippen molar-refractivity contribution in [3.05, 3.63) is 47.1 Å². The van der Waals surface area contributed by atoms with Crippen LogP contribution in [0.15, 0.2) is 30.5 Å². The molecule has 0 aliphatic rings. The molecule has 3 aromatic rings. The van der Waals surface area contributed by atoms with E-state index < -0.39 is 41.8 Å². The number of hydrogen-bond acceptors (Lipinski definition) is 8. The van der Waals surface area contributed by atoms with Gasteiger partial charge < -0.3 is 19.9 Å². The normalized spacial score (nSPS) is 12.2. The molecule has 0 aliphatic heterocycles. The van der Waals surface area contributed by atoms with Gasteiger partial charge in [-0.2, -0.15) is 4.80 Å². The standard InChI is InChI=1S/C21H21ClF2N6O5/c1-21(2,3)35-20(33)26-12(7-17(31)32)10-30-28-18(27-29-30)14-5-4-13(8-15(14)23)34-19-16(24)6-11(22)9-25-19/h4-6,8-9,12H,7,10H2,1-3H3,(H,26,33)(H,31,32). The molecule has 2 heterocycles. The van der Waals surface area contributed by atoms with Gasteiger partial charge in [0.25, 0.3) is 5.88 Å². The SMILES string of the molecule is CC(C)(C)OC(=O)NC(CC(=O)O)Cn1nnc(-c2ccc(Oc3ncc(Cl)cc3F)cc2F)n1. The van der Waals surface area contributed by atoms with Crippen molar-refractivity contribution in [2.24, 2.45) is 0 Å². The minimum atomic E-state index is -1.17. The summed E-state index contributed by atoms with van der Waals surface area (Å²) in [5.74, 6) is -3.29. The van der Waals surface area contributed by atoms with Crippen LogP contribution in [0.4, 0.5) is 13.6 Å². The van der Waals surface area contributed by atoms with E-state index in [-0.39, 0.29) is 34.6 Å². The van der Waals surface area contributed by atoms with Crippen LogP contribution in [0.5, 0.6) is 11.6 Å². The topological polar surface area (TPSA) is 141 Å². The number of tetrazole rings is 1. The van der Waals surface area contributed by atoms with Crippen molar-refractivity contribution in [3.63, 3.8) is 0 Å². The molecule has 0 spiro atoms. The van der Waals surface area contributed by atoms with Gasteiger partial charge in [-0.1, -0.05) is 11.6 Å². The second-order valence-corrected chi connectivity index (χ2v) is 8.73. The van der Waals surface area contributed by atoms with Crippen LogP contribution in [0.3, 0.4) is 0 Å². The first-order valence-electron chi connectivity index (χ1n) is 10.2. The summed E-state index contributed by atoms with van der Waals surface area (Å²) in [6.45, 7) is 4.83. The number of aromatic nitrogens is 5. The summed E-state index contributed by atoms with van der Waals surface area (Å²) in [5, 5.41) is 23.3. The monoisotopic (exact) mass is 510 g/mol. The summed E-state index contributed by atoms with van der Waals surface area (Å²) < 4.78 is 38.9. The number of aliphatic carboxylic acids is 1. The third-order valence-corrected chi connectivity index (χ3v) is 4.36. The van der Waals surface area contributed by atoms with E-state index in [1.54, 1.807) is 20.8 Å². The Bertz CT molecular complexity index is 1230. The lowest BCUT2D eigenvalue weighted by molar-refractivity contribution is -0.137. The molecular formula is C21H21ClF2N6O5. The Hall–Kier alpha value is -3.87. The fraction of sp³-hybridized carbons (Fsp3) is 0.333. The van der Waals surface area contributed by atoms with E-state index in [1.807, 2.05) is 0 Å². The highest BCUT2D eigenvalue weighted by atomic mass is 35.5. The maximum Gasteiger partial charge on any atom is 0.407 e. The summed E-state index contributed by atoms with van der Waals surface area (Å²) in [5.41, 5.74) is -0.817. The molecule has 0 bridgehead atoms. The van der Waals surface area contributed by atoms with Crippen LogP contribution in [0.2, 0.25) is 5.02 Å². The van der Waals surface area contributed by atoms with Gasteiger partial charge >= 0.3 is 12.1 Å². The quantitative estimate of drug-likeness (QED) is 0.462. The zero-order valence-corrected chi connectivity index (χ0v) is 19.6. The molecule has 11 nitrogen and oxygen atoms in total. The molecule has 35 heavy (non-hydrogen) atoms. The number of carbonyl (C=O) groups is 2. The lowest BCUT2D eigenvalue weighted by Gasteiger charge is -2.22. The Kier molecular flexibility index (Phi) is 7.79. The van der Waals surface area contributed by atoms with Gasteiger partial charge in [0, 0.05) is 12.3 Å². The molecule has 1 atom stereocenters. The van der Waals surface area contributed by atoms with Crippen LogP contribution in [0.1, 0.15) is 27.2 Å². The van der Waals surface area contributed by atoms with Crippen molar-refractivity contribution in [3.8, 4) is 23.0 Å². The third-order valence-electron chi connectivity index (χ3n) is 4.15. The first kappa shape index (κ1) is 25.7. The summed E-state index contributed by atoms with van der Waals surface area (Å²) in [7, 11) is 0. The zero-order valence-electron chi connectivity index (χ0n) is 18.8. The Morgan fingerprint density at radius 1 is 1.23 bits per heavy atom. The number of pyridine rings is 1. The van der Waals surface area contributed by atoms with Crippen molar-refractivity contribution in [1.82, 2.24) is 30.5 Å². The largest absolute Gasteiger partial charge is 0.481 e. The molecule has 2 aromatic heterocycles. The van der Waals surface area contributed by atoms with Crippen molar-refractivity contribution in [2.75, 3.05) is 0 Å². The van der Waals surface area contributed by atoms with Crippen molar-refractivity contribution in [2.45, 2.75) is 45.4 Å². The van der Waals surface area contributed by atoms with Crippen molar-refractivity contribution < 1.29 is 33.0 Å². The number of carboxylic acids is 1. The van der Waals surface area contributed by atoms with Crippen LogP contribution in [-0.2, 0) is 16.1 Å². The maximum absolute atomic E-state index is 14.7. The Morgan fingerprint density at radius 2 is 1.97 bits per heavy atom. The summed E-state index contributed by atoms with van der Waals surface area (Å²) in [6, 6.07) is 3.72. The van der Waals surface area contributed by atoms with Gasteiger partial charge in [-0.15, -0.1) is 10.2 Å². The zero-order chi connectivity index (χ0) is 25.8. The van der Waals surface area contributed by atoms with E-state index in [1.165, 1.54) is 18.3 Å². The van der Waals surface area contributed by atoms with Gasteiger partial charge in [-0.3, -0.25) is 4.79 Å². The minimum absolute atomic E-state index is 0.0320. The van der Waals surface area contributed by atoms with E-state index in [0.717, 1.165) is 16.9 Å². The third kappa shape index (κ3) is 7.57. The van der Waals surface area contributed by atoms with Gasteiger partial charge in [0.05, 0.1) is 29.6 Å². The van der Waals surface area contributed by atoms with E-state index in [2.05, 4.69) is 25.7 Å². The molecule has 0 saturated carbocycles. The number of rotatable bonds is 8. The van der Waals surface area contributed by atoms with Gasteiger partial charge in [0.2, 0.25) is 5.82 Å². The number of hydrogen-bond donors (Lipinski definition) is 2. The minimum Gasteiger partial charge on any atom is -0.481 e. The summed E-state index contributed by atoms with van der Waals surface area (Å²) in [6.07, 6.45) is -0.0639. The van der Waals surface area contributed by atoms with Crippen LogP contribution >= 0.6 is 11.6 Å². The molecule has 1 amide bonds. The number of halogens is 3. The van der Waals surface area contributed by atoms with Gasteiger partial charge in [-0.05, 0) is 44.2 Å². The predicted molar refractivity (Wildman–Crippen MR) is 118 cm³/mol. The molecule has 14 heteroatoms. The number of benzene rings is 1. The number of alkyl carbamates (subject to hydrolysis) is 1. The lowest BCUT2D eigenvalue weighted by atomic mass is 10.2. The number of carbonyl (C=O) groups excluding carboxylic acids is 1. The Labute approximate surface area is 203 Å². The lowest BCUT2D eigenvalue weighted by Crippen LogP contribution is -2.42. The van der Waals surface area contributed by atoms with E-state index >= 15 is 0 Å². The highest BCUT2D eigenvalue weighted by Gasteiger charge is 2.23. The average Bonchev–Trinajstić information content (AvgIpc) is 3.16. The number of amides is 1. The molecule has 3 rings (SSSR count). The number of nitrogens with one attached hydrogen (secondary N) is 1. The molecule has 2 N–H and O–H groups in total. The Morgan fingerprint density at radius 3 is 2.60 bits per heavy atom. The molecule has 1 aromatic carbocycles. The maximum atomic E-state index is 14.7. The number of carboxylic acid groups (broad SMARTS) is 1. The fourth-order valence-electron chi connectivity index (χ4n) is 2.80. The second-order valence-electron chi connectivity index (χ2n) is 8.29. The van der Waals surface area contributed by atoms with Crippen LogP contribution < -0.4 is 10.1 Å². The van der Waals surface area contributed by atoms with E-state index in [0.29, 0.717) is 0 Å². The molecular weight excluding hydrogens is 490 g/mol. The van der Waals surface area contributed by atoms with E-state index in [9.17, 15) is 18.4 Å². The van der Waals surface area contributed by atoms with Crippen LogP contribution in [0, 0.1) is 11.6 Å². The van der Waals surface area contributed by atoms with Gasteiger partial charge in [0.1, 0.15) is 17.2 Å². The predicted octanol–water partition coefficient (Wildman–Crippen LogP) is 3.83. The highest BCUT2D eigenvalue weighted by molar-refractivity contribution is 6.30. The first-order valence-corrected chi connectivity index (χ1v) is 10.6. The first-order chi connectivity index (χ1) is 16.4. The van der Waals surface area contributed by atoms with Crippen molar-refractivity contribution in [1.29, 1.82) is 0 Å². The van der Waals surface area contributed by atoms with E-state index in [4.69, 9.17) is 26.2 Å². The van der Waals surface area contributed by atoms with Crippen LogP contribution in [0.25, 0.3) is 11.4 Å². The number of nitrogens with zero attached hydrogens (tertiary/aromatic N) is 5. The average molecular weight is 511 g/mol. The van der Waals surface area contributed by atoms with Crippen LogP contribution in [-0.4, -0.2) is 54.0 Å².